The Hall–Kier alpha value is -2.29. The fraction of sp³-hybridized carbons (Fsp3) is 0.409. The molecular weight excluding hydrogens is 312 g/mol. The van der Waals surface area contributed by atoms with E-state index in [4.69, 9.17) is 0 Å². The lowest BCUT2D eigenvalue weighted by molar-refractivity contribution is 0.112. The first kappa shape index (κ1) is 17.5. The minimum absolute atomic E-state index is 0.0148. The molecule has 0 saturated heterocycles. The number of aldehydes is 1. The predicted molar refractivity (Wildman–Crippen MR) is 101 cm³/mol. The maximum Gasteiger partial charge on any atom is 0.153 e. The van der Waals surface area contributed by atoms with Gasteiger partial charge in [-0.3, -0.25) is 4.79 Å². The van der Waals surface area contributed by atoms with Gasteiger partial charge in [0.25, 0.3) is 0 Å². The number of hydrogen-bond acceptors (Lipinski definition) is 3. The minimum Gasteiger partial charge on any atom is -0.507 e. The SMILES string of the molecule is Cc1cc2c(cc1-c1c(O)ccc(C=O)c1O)C(C)(C)CCC2(C)C. The van der Waals surface area contributed by atoms with E-state index < -0.39 is 0 Å². The first-order valence-electron chi connectivity index (χ1n) is 8.74. The summed E-state index contributed by atoms with van der Waals surface area (Å²) < 4.78 is 0. The number of aromatic hydroxyl groups is 2. The number of hydrogen-bond donors (Lipinski definition) is 2. The molecule has 2 aromatic carbocycles. The van der Waals surface area contributed by atoms with Crippen LogP contribution in [0.25, 0.3) is 11.1 Å². The maximum absolute atomic E-state index is 11.2. The summed E-state index contributed by atoms with van der Waals surface area (Å²) in [5.41, 5.74) is 4.99. The van der Waals surface area contributed by atoms with Crippen molar-refractivity contribution in [1.29, 1.82) is 0 Å². The summed E-state index contributed by atoms with van der Waals surface area (Å²) in [7, 11) is 0. The van der Waals surface area contributed by atoms with Crippen molar-refractivity contribution in [3.05, 3.63) is 46.5 Å². The van der Waals surface area contributed by atoms with Crippen LogP contribution in [0.2, 0.25) is 0 Å². The molecule has 1 aliphatic carbocycles. The van der Waals surface area contributed by atoms with E-state index >= 15 is 0 Å². The number of benzene rings is 2. The van der Waals surface area contributed by atoms with Gasteiger partial charge in [-0.05, 0) is 71.0 Å². The van der Waals surface area contributed by atoms with Crippen LogP contribution in [0.4, 0.5) is 0 Å². The molecule has 0 bridgehead atoms. The van der Waals surface area contributed by atoms with Crippen LogP contribution < -0.4 is 0 Å². The maximum atomic E-state index is 11.2. The summed E-state index contributed by atoms with van der Waals surface area (Å²) >= 11 is 0. The van der Waals surface area contributed by atoms with E-state index in [1.165, 1.54) is 23.3 Å². The molecule has 0 aromatic heterocycles. The number of phenolic OH excluding ortho intramolecular Hbond substituents is 2. The Bertz CT molecular complexity index is 860. The van der Waals surface area contributed by atoms with Gasteiger partial charge in [-0.1, -0.05) is 33.8 Å². The molecule has 0 saturated carbocycles. The van der Waals surface area contributed by atoms with Crippen molar-refractivity contribution < 1.29 is 15.0 Å². The Labute approximate surface area is 149 Å². The van der Waals surface area contributed by atoms with E-state index in [1.54, 1.807) is 0 Å². The van der Waals surface area contributed by atoms with E-state index in [0.717, 1.165) is 24.0 Å². The van der Waals surface area contributed by atoms with Crippen molar-refractivity contribution in [2.45, 2.75) is 58.3 Å². The van der Waals surface area contributed by atoms with Gasteiger partial charge < -0.3 is 10.2 Å². The van der Waals surface area contributed by atoms with E-state index in [-0.39, 0.29) is 27.9 Å². The molecule has 0 aliphatic heterocycles. The number of rotatable bonds is 2. The van der Waals surface area contributed by atoms with Crippen LogP contribution in [0, 0.1) is 6.92 Å². The van der Waals surface area contributed by atoms with Crippen LogP contribution in [-0.4, -0.2) is 16.5 Å². The molecule has 0 amide bonds. The minimum atomic E-state index is -0.161. The molecule has 25 heavy (non-hydrogen) atoms. The normalized spacial score (nSPS) is 17.8. The fourth-order valence-corrected chi connectivity index (χ4v) is 3.95. The third-order valence-electron chi connectivity index (χ3n) is 5.78. The van der Waals surface area contributed by atoms with Gasteiger partial charge in [0.1, 0.15) is 11.5 Å². The Morgan fingerprint density at radius 1 is 0.960 bits per heavy atom. The van der Waals surface area contributed by atoms with Crippen molar-refractivity contribution in [3.63, 3.8) is 0 Å². The van der Waals surface area contributed by atoms with E-state index in [1.807, 2.05) is 6.92 Å². The number of carbonyl (C=O) groups excluding carboxylic acids is 1. The third kappa shape index (κ3) is 2.72. The lowest BCUT2D eigenvalue weighted by Crippen LogP contribution is -2.34. The second-order valence-electron chi connectivity index (χ2n) is 8.50. The number of phenols is 2. The molecule has 132 valence electrons. The first-order valence-corrected chi connectivity index (χ1v) is 8.74. The number of aryl methyl sites for hydroxylation is 1. The Balaban J connectivity index is 2.33. The van der Waals surface area contributed by atoms with Gasteiger partial charge in [-0.25, -0.2) is 0 Å². The molecule has 3 rings (SSSR count). The van der Waals surface area contributed by atoms with Gasteiger partial charge in [0.2, 0.25) is 0 Å². The van der Waals surface area contributed by atoms with Gasteiger partial charge in [0, 0.05) is 0 Å². The van der Waals surface area contributed by atoms with E-state index in [2.05, 4.69) is 39.8 Å². The average Bonchev–Trinajstić information content (AvgIpc) is 2.53. The van der Waals surface area contributed by atoms with Gasteiger partial charge in [-0.15, -0.1) is 0 Å². The van der Waals surface area contributed by atoms with Gasteiger partial charge in [0.05, 0.1) is 11.1 Å². The lowest BCUT2D eigenvalue weighted by atomic mass is 9.62. The number of fused-ring (bicyclic) bond motifs is 1. The largest absolute Gasteiger partial charge is 0.507 e. The molecule has 0 spiro atoms. The summed E-state index contributed by atoms with van der Waals surface area (Å²) in [5, 5.41) is 20.8. The summed E-state index contributed by atoms with van der Waals surface area (Å²) in [4.78, 5) is 11.2. The van der Waals surface area contributed by atoms with Crippen molar-refractivity contribution >= 4 is 6.29 Å². The molecular formula is C22H26O3. The van der Waals surface area contributed by atoms with E-state index in [0.29, 0.717) is 11.8 Å². The molecule has 3 nitrogen and oxygen atoms in total. The summed E-state index contributed by atoms with van der Waals surface area (Å²) in [6.45, 7) is 11.0. The highest BCUT2D eigenvalue weighted by Crippen LogP contribution is 2.49. The highest BCUT2D eigenvalue weighted by molar-refractivity contribution is 5.89. The quantitative estimate of drug-likeness (QED) is 0.737. The monoisotopic (exact) mass is 338 g/mol. The number of carbonyl (C=O) groups is 1. The molecule has 2 N–H and O–H groups in total. The highest BCUT2D eigenvalue weighted by Gasteiger charge is 2.37. The van der Waals surface area contributed by atoms with Crippen molar-refractivity contribution in [2.75, 3.05) is 0 Å². The summed E-state index contributed by atoms with van der Waals surface area (Å²) in [6.07, 6.45) is 2.82. The Kier molecular flexibility index (Phi) is 3.94. The zero-order valence-electron chi connectivity index (χ0n) is 15.6. The molecule has 1 aliphatic rings. The first-order chi connectivity index (χ1) is 11.6. The van der Waals surface area contributed by atoms with Crippen LogP contribution in [0.5, 0.6) is 11.5 Å². The van der Waals surface area contributed by atoms with Crippen molar-refractivity contribution in [2.24, 2.45) is 0 Å². The van der Waals surface area contributed by atoms with Gasteiger partial charge in [0.15, 0.2) is 6.29 Å². The van der Waals surface area contributed by atoms with Crippen molar-refractivity contribution in [3.8, 4) is 22.6 Å². The molecule has 0 radical (unpaired) electrons. The standard InChI is InChI=1S/C22H26O3/c1-13-10-16-17(22(4,5)9-8-21(16,2)3)11-15(13)19-18(24)7-6-14(12-23)20(19)25/h6-7,10-12,24-25H,8-9H2,1-5H3. The van der Waals surface area contributed by atoms with Crippen LogP contribution in [0.1, 0.15) is 67.6 Å². The fourth-order valence-electron chi connectivity index (χ4n) is 3.95. The van der Waals surface area contributed by atoms with Gasteiger partial charge in [-0.2, -0.15) is 0 Å². The zero-order valence-corrected chi connectivity index (χ0v) is 15.6. The summed E-state index contributed by atoms with van der Waals surface area (Å²) in [5.74, 6) is -0.176. The third-order valence-corrected chi connectivity index (χ3v) is 5.78. The van der Waals surface area contributed by atoms with Gasteiger partial charge >= 0.3 is 0 Å². The molecule has 0 heterocycles. The predicted octanol–water partition coefficient (Wildman–Crippen LogP) is 5.23. The average molecular weight is 338 g/mol. The smallest absolute Gasteiger partial charge is 0.153 e. The zero-order chi connectivity index (χ0) is 18.6. The lowest BCUT2D eigenvalue weighted by Gasteiger charge is -2.42. The topological polar surface area (TPSA) is 57.5 Å². The molecule has 0 unspecified atom stereocenters. The van der Waals surface area contributed by atoms with Crippen molar-refractivity contribution in [1.82, 2.24) is 0 Å². The molecule has 0 fully saturated rings. The van der Waals surface area contributed by atoms with E-state index in [9.17, 15) is 15.0 Å². The Morgan fingerprint density at radius 3 is 2.08 bits per heavy atom. The highest BCUT2D eigenvalue weighted by atomic mass is 16.3. The second kappa shape index (κ2) is 5.62. The van der Waals surface area contributed by atoms with Crippen LogP contribution in [0.3, 0.4) is 0 Å². The van der Waals surface area contributed by atoms with Crippen LogP contribution in [-0.2, 0) is 10.8 Å². The van der Waals surface area contributed by atoms with Crippen LogP contribution >= 0.6 is 0 Å². The second-order valence-corrected chi connectivity index (χ2v) is 8.50. The molecule has 3 heteroatoms. The van der Waals surface area contributed by atoms with Crippen LogP contribution in [0.15, 0.2) is 24.3 Å². The molecule has 2 aromatic rings. The molecule has 0 atom stereocenters. The Morgan fingerprint density at radius 2 is 1.52 bits per heavy atom. The summed E-state index contributed by atoms with van der Waals surface area (Å²) in [6, 6.07) is 7.17.